The quantitative estimate of drug-likeness (QED) is 0.615. The third kappa shape index (κ3) is 1.28. The highest BCUT2D eigenvalue weighted by atomic mass is 19.1. The highest BCUT2D eigenvalue weighted by Gasteiger charge is 2.35. The number of hydrogen-bond acceptors (Lipinski definition) is 1. The second-order valence-electron chi connectivity index (χ2n) is 3.02. The molecule has 0 spiro atoms. The van der Waals surface area contributed by atoms with Crippen molar-refractivity contribution in [2.75, 3.05) is 0 Å². The van der Waals surface area contributed by atoms with E-state index in [4.69, 9.17) is 5.73 Å². The summed E-state index contributed by atoms with van der Waals surface area (Å²) in [5.74, 6) is -0.253. The summed E-state index contributed by atoms with van der Waals surface area (Å²) in [6.45, 7) is 1.76. The van der Waals surface area contributed by atoms with Crippen LogP contribution in [-0.4, -0.2) is 12.1 Å². The Morgan fingerprint density at radius 3 is 2.50 bits per heavy atom. The van der Waals surface area contributed by atoms with Crippen molar-refractivity contribution in [2.45, 2.75) is 25.9 Å². The first-order chi connectivity index (χ1) is 4.61. The minimum Gasteiger partial charge on any atom is -0.369 e. The van der Waals surface area contributed by atoms with Crippen molar-refractivity contribution in [3.8, 4) is 0 Å². The number of carbonyl (C=O) groups is 1. The van der Waals surface area contributed by atoms with Gasteiger partial charge in [-0.05, 0) is 18.8 Å². The van der Waals surface area contributed by atoms with Crippen LogP contribution in [0, 0.1) is 11.8 Å². The van der Waals surface area contributed by atoms with Crippen molar-refractivity contribution in [3.05, 3.63) is 0 Å². The molecule has 58 valence electrons. The lowest BCUT2D eigenvalue weighted by Gasteiger charge is -2.32. The number of rotatable bonds is 2. The summed E-state index contributed by atoms with van der Waals surface area (Å²) in [6.07, 6.45) is 0.348. The molecule has 3 heteroatoms. The largest absolute Gasteiger partial charge is 0.369 e. The summed E-state index contributed by atoms with van der Waals surface area (Å²) in [4.78, 5) is 10.5. The summed E-state index contributed by atoms with van der Waals surface area (Å²) >= 11 is 0. The van der Waals surface area contributed by atoms with Gasteiger partial charge in [-0.1, -0.05) is 6.92 Å². The molecule has 0 aromatic heterocycles. The van der Waals surface area contributed by atoms with Gasteiger partial charge in [0.05, 0.1) is 0 Å². The predicted molar refractivity (Wildman–Crippen MR) is 36.0 cm³/mol. The van der Waals surface area contributed by atoms with Crippen molar-refractivity contribution >= 4 is 5.91 Å². The molecule has 1 atom stereocenters. The van der Waals surface area contributed by atoms with Crippen molar-refractivity contribution in [2.24, 2.45) is 17.6 Å². The Morgan fingerprint density at radius 2 is 2.20 bits per heavy atom. The number of nitrogens with two attached hydrogens (primary N) is 1. The van der Waals surface area contributed by atoms with E-state index in [-0.39, 0.29) is 17.7 Å². The van der Waals surface area contributed by atoms with Crippen LogP contribution in [0.3, 0.4) is 0 Å². The highest BCUT2D eigenvalue weighted by molar-refractivity contribution is 5.76. The summed E-state index contributed by atoms with van der Waals surface area (Å²) in [6, 6.07) is 0. The Kier molecular flexibility index (Phi) is 1.92. The van der Waals surface area contributed by atoms with E-state index in [1.807, 2.05) is 0 Å². The van der Waals surface area contributed by atoms with Crippen LogP contribution in [0.2, 0.25) is 0 Å². The maximum absolute atomic E-state index is 12.2. The van der Waals surface area contributed by atoms with Crippen LogP contribution in [0.25, 0.3) is 0 Å². The van der Waals surface area contributed by atoms with Crippen molar-refractivity contribution in [1.29, 1.82) is 0 Å². The van der Waals surface area contributed by atoms with Crippen LogP contribution in [0.1, 0.15) is 19.8 Å². The molecule has 2 nitrogen and oxygen atoms in total. The Hall–Kier alpha value is -0.600. The molecule has 2 N–H and O–H groups in total. The lowest BCUT2D eigenvalue weighted by atomic mass is 9.75. The topological polar surface area (TPSA) is 43.1 Å². The molecular weight excluding hydrogens is 133 g/mol. The second kappa shape index (κ2) is 2.56. The van der Waals surface area contributed by atoms with E-state index in [0.29, 0.717) is 12.8 Å². The van der Waals surface area contributed by atoms with Gasteiger partial charge >= 0.3 is 0 Å². The van der Waals surface area contributed by atoms with E-state index in [1.165, 1.54) is 0 Å². The van der Waals surface area contributed by atoms with Crippen LogP contribution in [0.5, 0.6) is 0 Å². The fraction of sp³-hybridized carbons (Fsp3) is 0.857. The number of primary amides is 1. The molecule has 0 bridgehead atoms. The van der Waals surface area contributed by atoms with Gasteiger partial charge in [0, 0.05) is 5.92 Å². The van der Waals surface area contributed by atoms with Gasteiger partial charge in [-0.25, -0.2) is 4.39 Å². The van der Waals surface area contributed by atoms with Gasteiger partial charge in [-0.2, -0.15) is 0 Å². The average Bonchev–Trinajstić information content (AvgIpc) is 1.79. The zero-order valence-corrected chi connectivity index (χ0v) is 6.01. The van der Waals surface area contributed by atoms with Crippen LogP contribution in [0.15, 0.2) is 0 Å². The van der Waals surface area contributed by atoms with Crippen molar-refractivity contribution < 1.29 is 9.18 Å². The van der Waals surface area contributed by atoms with Gasteiger partial charge in [0.2, 0.25) is 5.91 Å². The SMILES string of the molecule is CC(C(N)=O)C1CC(F)C1. The van der Waals surface area contributed by atoms with Gasteiger partial charge in [0.1, 0.15) is 6.17 Å². The molecule has 1 fully saturated rings. The van der Waals surface area contributed by atoms with Crippen molar-refractivity contribution in [3.63, 3.8) is 0 Å². The Bertz CT molecular complexity index is 143. The smallest absolute Gasteiger partial charge is 0.220 e. The van der Waals surface area contributed by atoms with E-state index < -0.39 is 6.17 Å². The third-order valence-corrected chi connectivity index (χ3v) is 2.27. The van der Waals surface area contributed by atoms with Crippen LogP contribution in [-0.2, 0) is 4.79 Å². The van der Waals surface area contributed by atoms with Crippen LogP contribution >= 0.6 is 0 Å². The molecule has 1 amide bonds. The fourth-order valence-corrected chi connectivity index (χ4v) is 1.23. The molecule has 10 heavy (non-hydrogen) atoms. The lowest BCUT2D eigenvalue weighted by molar-refractivity contribution is -0.124. The zero-order valence-electron chi connectivity index (χ0n) is 6.01. The standard InChI is InChI=1S/C7H12FNO/c1-4(7(9)10)5-2-6(8)3-5/h4-6H,2-3H2,1H3,(H2,9,10). The maximum atomic E-state index is 12.2. The number of carbonyl (C=O) groups excluding carboxylic acids is 1. The number of amides is 1. The van der Waals surface area contributed by atoms with E-state index >= 15 is 0 Å². The van der Waals surface area contributed by atoms with Gasteiger partial charge in [-0.15, -0.1) is 0 Å². The maximum Gasteiger partial charge on any atom is 0.220 e. The molecule has 1 unspecified atom stereocenters. The minimum atomic E-state index is -0.688. The monoisotopic (exact) mass is 145 g/mol. The zero-order chi connectivity index (χ0) is 7.72. The first-order valence-electron chi connectivity index (χ1n) is 3.54. The minimum absolute atomic E-state index is 0.146. The number of hydrogen-bond donors (Lipinski definition) is 1. The molecule has 0 radical (unpaired) electrons. The second-order valence-corrected chi connectivity index (χ2v) is 3.02. The first-order valence-corrected chi connectivity index (χ1v) is 3.54. The molecule has 1 aliphatic rings. The van der Waals surface area contributed by atoms with Gasteiger partial charge in [0.15, 0.2) is 0 Å². The lowest BCUT2D eigenvalue weighted by Crippen LogP contribution is -2.36. The average molecular weight is 145 g/mol. The molecule has 0 saturated heterocycles. The highest BCUT2D eigenvalue weighted by Crippen LogP contribution is 2.35. The summed E-state index contributed by atoms with van der Waals surface area (Å²) in [5, 5.41) is 0. The van der Waals surface area contributed by atoms with Gasteiger partial charge < -0.3 is 5.73 Å². The summed E-state index contributed by atoms with van der Waals surface area (Å²) in [5.41, 5.74) is 5.03. The molecule has 1 saturated carbocycles. The summed E-state index contributed by atoms with van der Waals surface area (Å²) < 4.78 is 12.2. The van der Waals surface area contributed by atoms with E-state index in [2.05, 4.69) is 0 Å². The van der Waals surface area contributed by atoms with Crippen LogP contribution in [0.4, 0.5) is 4.39 Å². The predicted octanol–water partition coefficient (Wildman–Crippen LogP) is 0.856. The Morgan fingerprint density at radius 1 is 1.70 bits per heavy atom. The van der Waals surface area contributed by atoms with E-state index in [0.717, 1.165) is 0 Å². The molecule has 0 heterocycles. The molecule has 0 aromatic carbocycles. The fourth-order valence-electron chi connectivity index (χ4n) is 1.23. The Labute approximate surface area is 59.6 Å². The normalized spacial score (nSPS) is 34.6. The first kappa shape index (κ1) is 7.51. The third-order valence-electron chi connectivity index (χ3n) is 2.27. The van der Waals surface area contributed by atoms with E-state index in [1.54, 1.807) is 6.92 Å². The molecule has 0 aliphatic heterocycles. The Balaban J connectivity index is 2.31. The van der Waals surface area contributed by atoms with Gasteiger partial charge in [0.25, 0.3) is 0 Å². The van der Waals surface area contributed by atoms with Gasteiger partial charge in [-0.3, -0.25) is 4.79 Å². The number of alkyl halides is 1. The van der Waals surface area contributed by atoms with Crippen LogP contribution < -0.4 is 5.73 Å². The summed E-state index contributed by atoms with van der Waals surface area (Å²) in [7, 11) is 0. The molecule has 1 aliphatic carbocycles. The molecular formula is C7H12FNO. The van der Waals surface area contributed by atoms with Crippen molar-refractivity contribution in [1.82, 2.24) is 0 Å². The molecule has 0 aromatic rings. The number of halogens is 1. The molecule has 1 rings (SSSR count). The van der Waals surface area contributed by atoms with E-state index in [9.17, 15) is 9.18 Å².